The molecule has 0 aliphatic heterocycles. The summed E-state index contributed by atoms with van der Waals surface area (Å²) in [5.74, 6) is -1.14. The predicted octanol–water partition coefficient (Wildman–Crippen LogP) is 2.71. The van der Waals surface area contributed by atoms with Gasteiger partial charge < -0.3 is 16.2 Å². The molecule has 4 N–H and O–H groups in total. The maximum absolute atomic E-state index is 12.2. The van der Waals surface area contributed by atoms with E-state index < -0.39 is 5.97 Å². The molecular formula is C14H19BrN2O3. The second-order valence-electron chi connectivity index (χ2n) is 5.05. The highest BCUT2D eigenvalue weighted by Gasteiger charge is 2.19. The van der Waals surface area contributed by atoms with Gasteiger partial charge in [0.15, 0.2) is 0 Å². The van der Waals surface area contributed by atoms with E-state index in [0.717, 1.165) is 0 Å². The Morgan fingerprint density at radius 2 is 2.05 bits per heavy atom. The molecule has 5 nitrogen and oxygen atoms in total. The van der Waals surface area contributed by atoms with E-state index in [9.17, 15) is 9.59 Å². The molecule has 0 heterocycles. The first-order valence-corrected chi connectivity index (χ1v) is 7.18. The Hall–Kier alpha value is -1.40. The van der Waals surface area contributed by atoms with Crippen LogP contribution in [-0.4, -0.2) is 23.5 Å². The molecule has 0 aliphatic carbocycles. The Morgan fingerprint density at radius 3 is 2.55 bits per heavy atom. The van der Waals surface area contributed by atoms with Crippen molar-refractivity contribution in [2.75, 3.05) is 11.9 Å². The Labute approximate surface area is 126 Å². The van der Waals surface area contributed by atoms with E-state index in [0.29, 0.717) is 22.5 Å². The van der Waals surface area contributed by atoms with Crippen LogP contribution < -0.4 is 11.1 Å². The van der Waals surface area contributed by atoms with Crippen LogP contribution in [0.3, 0.4) is 0 Å². The van der Waals surface area contributed by atoms with Gasteiger partial charge >= 0.3 is 5.97 Å². The number of nitrogens with two attached hydrogens (primary N) is 1. The molecule has 6 heteroatoms. The molecule has 0 fully saturated rings. The topological polar surface area (TPSA) is 92.4 Å². The highest BCUT2D eigenvalue weighted by atomic mass is 79.9. The van der Waals surface area contributed by atoms with Crippen molar-refractivity contribution >= 4 is 33.5 Å². The summed E-state index contributed by atoms with van der Waals surface area (Å²) in [6.07, 6.45) is 0.693. The van der Waals surface area contributed by atoms with E-state index in [1.807, 2.05) is 13.8 Å². The van der Waals surface area contributed by atoms with Gasteiger partial charge in [-0.05, 0) is 46.5 Å². The lowest BCUT2D eigenvalue weighted by atomic mass is 9.96. The lowest BCUT2D eigenvalue weighted by molar-refractivity contribution is -0.120. The molecule has 0 saturated heterocycles. The quantitative estimate of drug-likeness (QED) is 0.740. The van der Waals surface area contributed by atoms with Crippen LogP contribution in [0.2, 0.25) is 0 Å². The molecule has 110 valence electrons. The van der Waals surface area contributed by atoms with Gasteiger partial charge in [-0.2, -0.15) is 0 Å². The largest absolute Gasteiger partial charge is 0.478 e. The lowest BCUT2D eigenvalue weighted by Crippen LogP contribution is -2.30. The van der Waals surface area contributed by atoms with Crippen molar-refractivity contribution < 1.29 is 14.7 Å². The number of benzene rings is 1. The third-order valence-corrected chi connectivity index (χ3v) is 3.57. The van der Waals surface area contributed by atoms with E-state index in [1.165, 1.54) is 12.1 Å². The Morgan fingerprint density at radius 1 is 1.40 bits per heavy atom. The third kappa shape index (κ3) is 4.61. The number of amides is 1. The number of carbonyl (C=O) groups excluding carboxylic acids is 1. The zero-order valence-electron chi connectivity index (χ0n) is 11.5. The number of halogens is 1. The van der Waals surface area contributed by atoms with Gasteiger partial charge in [0.25, 0.3) is 0 Å². The molecule has 0 aromatic heterocycles. The molecule has 20 heavy (non-hydrogen) atoms. The normalized spacial score (nSPS) is 12.2. The molecule has 0 spiro atoms. The summed E-state index contributed by atoms with van der Waals surface area (Å²) in [4.78, 5) is 23.1. The number of rotatable bonds is 6. The highest BCUT2D eigenvalue weighted by Crippen LogP contribution is 2.25. The van der Waals surface area contributed by atoms with E-state index in [4.69, 9.17) is 10.8 Å². The van der Waals surface area contributed by atoms with Crippen molar-refractivity contribution in [3.05, 3.63) is 28.2 Å². The molecule has 0 saturated carbocycles. The molecule has 1 amide bonds. The second kappa shape index (κ2) is 7.40. The average Bonchev–Trinajstić information content (AvgIpc) is 2.37. The van der Waals surface area contributed by atoms with Gasteiger partial charge in [0.1, 0.15) is 0 Å². The van der Waals surface area contributed by atoms with Crippen LogP contribution in [0.4, 0.5) is 5.69 Å². The summed E-state index contributed by atoms with van der Waals surface area (Å²) in [7, 11) is 0. The first kappa shape index (κ1) is 16.7. The van der Waals surface area contributed by atoms with Crippen LogP contribution in [0.25, 0.3) is 0 Å². The van der Waals surface area contributed by atoms with Crippen LogP contribution in [0.15, 0.2) is 22.7 Å². The van der Waals surface area contributed by atoms with Crippen LogP contribution in [-0.2, 0) is 4.79 Å². The Balaban J connectivity index is 2.88. The summed E-state index contributed by atoms with van der Waals surface area (Å²) in [6, 6.07) is 4.49. The van der Waals surface area contributed by atoms with Crippen molar-refractivity contribution in [2.45, 2.75) is 20.3 Å². The maximum atomic E-state index is 12.2. The molecule has 1 aromatic carbocycles. The van der Waals surface area contributed by atoms with Gasteiger partial charge in [-0.3, -0.25) is 4.79 Å². The number of anilines is 1. The van der Waals surface area contributed by atoms with Crippen LogP contribution in [0, 0.1) is 11.8 Å². The summed E-state index contributed by atoms with van der Waals surface area (Å²) >= 11 is 3.29. The van der Waals surface area contributed by atoms with Crippen molar-refractivity contribution in [3.63, 3.8) is 0 Å². The number of aromatic carboxylic acids is 1. The first-order chi connectivity index (χ1) is 9.35. The average molecular weight is 343 g/mol. The number of carboxylic acid groups (broad SMARTS) is 1. The van der Waals surface area contributed by atoms with Crippen molar-refractivity contribution in [2.24, 2.45) is 17.6 Å². The zero-order chi connectivity index (χ0) is 15.3. The van der Waals surface area contributed by atoms with E-state index in [-0.39, 0.29) is 23.9 Å². The van der Waals surface area contributed by atoms with Gasteiger partial charge in [0.2, 0.25) is 5.91 Å². The highest BCUT2D eigenvalue weighted by molar-refractivity contribution is 9.10. The number of hydrogen-bond acceptors (Lipinski definition) is 3. The minimum absolute atomic E-state index is 0.122. The van der Waals surface area contributed by atoms with Crippen LogP contribution >= 0.6 is 15.9 Å². The molecule has 1 atom stereocenters. The second-order valence-corrected chi connectivity index (χ2v) is 5.91. The van der Waals surface area contributed by atoms with Crippen molar-refractivity contribution in [1.82, 2.24) is 0 Å². The smallest absolute Gasteiger partial charge is 0.335 e. The summed E-state index contributed by atoms with van der Waals surface area (Å²) in [5.41, 5.74) is 6.19. The first-order valence-electron chi connectivity index (χ1n) is 6.39. The van der Waals surface area contributed by atoms with Crippen molar-refractivity contribution in [1.29, 1.82) is 0 Å². The molecule has 0 bridgehead atoms. The summed E-state index contributed by atoms with van der Waals surface area (Å²) in [6.45, 7) is 4.31. The molecule has 1 aromatic rings. The van der Waals surface area contributed by atoms with Crippen LogP contribution in [0.5, 0.6) is 0 Å². The predicted molar refractivity (Wildman–Crippen MR) is 81.7 cm³/mol. The van der Waals surface area contributed by atoms with E-state index in [1.54, 1.807) is 6.07 Å². The molecule has 1 unspecified atom stereocenters. The van der Waals surface area contributed by atoms with Gasteiger partial charge in [-0.1, -0.05) is 13.8 Å². The number of hydrogen-bond donors (Lipinski definition) is 3. The Kier molecular flexibility index (Phi) is 6.16. The maximum Gasteiger partial charge on any atom is 0.335 e. The fraction of sp³-hybridized carbons (Fsp3) is 0.429. The zero-order valence-corrected chi connectivity index (χ0v) is 13.1. The lowest BCUT2D eigenvalue weighted by Gasteiger charge is -2.17. The number of carbonyl (C=O) groups is 2. The Bertz CT molecular complexity index is 503. The summed E-state index contributed by atoms with van der Waals surface area (Å²) in [5, 5.41) is 11.7. The molecular weight excluding hydrogens is 324 g/mol. The summed E-state index contributed by atoms with van der Waals surface area (Å²) < 4.78 is 0.635. The van der Waals surface area contributed by atoms with E-state index in [2.05, 4.69) is 21.2 Å². The molecule has 1 rings (SSSR count). The minimum Gasteiger partial charge on any atom is -0.478 e. The SMILES string of the molecule is CC(C)CC(CN)C(=O)Nc1cc(C(=O)O)ccc1Br. The van der Waals surface area contributed by atoms with Crippen molar-refractivity contribution in [3.8, 4) is 0 Å². The fourth-order valence-electron chi connectivity index (χ4n) is 1.87. The molecule has 0 aliphatic rings. The van der Waals surface area contributed by atoms with E-state index >= 15 is 0 Å². The van der Waals surface area contributed by atoms with Gasteiger partial charge in [0, 0.05) is 11.0 Å². The van der Waals surface area contributed by atoms with Gasteiger partial charge in [-0.15, -0.1) is 0 Å². The van der Waals surface area contributed by atoms with Gasteiger partial charge in [-0.25, -0.2) is 4.79 Å². The standard InChI is InChI=1S/C14H19BrN2O3/c1-8(2)5-10(7-16)13(18)17-12-6-9(14(19)20)3-4-11(12)15/h3-4,6,8,10H,5,7,16H2,1-2H3,(H,17,18)(H,19,20). The number of carboxylic acids is 1. The minimum atomic E-state index is -1.04. The van der Waals surface area contributed by atoms with Crippen LogP contribution in [0.1, 0.15) is 30.6 Å². The molecule has 0 radical (unpaired) electrons. The number of nitrogens with one attached hydrogen (secondary N) is 1. The fourth-order valence-corrected chi connectivity index (χ4v) is 2.21. The van der Waals surface area contributed by atoms with Gasteiger partial charge in [0.05, 0.1) is 17.2 Å². The third-order valence-electron chi connectivity index (χ3n) is 2.88. The monoisotopic (exact) mass is 342 g/mol.